The standard InChI is InChI=1S/C21H17N5O2S/c27-18(22-21-24-23-19(29-21)13-15-7-3-1-4-8-15)14-26-20(28)12-11-17(25-26)16-9-5-2-6-10-16/h1-12H,13-14H2,(H,22,24,27). The number of carbonyl (C=O) groups is 1. The number of benzene rings is 2. The maximum atomic E-state index is 12.4. The Labute approximate surface area is 170 Å². The molecule has 0 spiro atoms. The molecule has 2 heterocycles. The molecule has 29 heavy (non-hydrogen) atoms. The van der Waals surface area contributed by atoms with Crippen molar-refractivity contribution in [2.75, 3.05) is 5.32 Å². The molecule has 0 saturated heterocycles. The molecule has 0 atom stereocenters. The Morgan fingerprint density at radius 3 is 2.41 bits per heavy atom. The van der Waals surface area contributed by atoms with E-state index in [0.29, 0.717) is 17.2 Å². The van der Waals surface area contributed by atoms with E-state index in [9.17, 15) is 9.59 Å². The smallest absolute Gasteiger partial charge is 0.267 e. The average molecular weight is 403 g/mol. The van der Waals surface area contributed by atoms with Crippen molar-refractivity contribution in [2.24, 2.45) is 0 Å². The Bertz CT molecular complexity index is 1170. The zero-order valence-corrected chi connectivity index (χ0v) is 16.2. The molecule has 1 N–H and O–H groups in total. The summed E-state index contributed by atoms with van der Waals surface area (Å²) >= 11 is 1.31. The van der Waals surface area contributed by atoms with Crippen LogP contribution in [0.3, 0.4) is 0 Å². The van der Waals surface area contributed by atoms with Gasteiger partial charge in [-0.05, 0) is 11.6 Å². The van der Waals surface area contributed by atoms with Gasteiger partial charge < -0.3 is 0 Å². The van der Waals surface area contributed by atoms with Crippen LogP contribution in [0, 0.1) is 0 Å². The number of aromatic nitrogens is 4. The van der Waals surface area contributed by atoms with E-state index < -0.39 is 0 Å². The van der Waals surface area contributed by atoms with Crippen molar-refractivity contribution in [2.45, 2.75) is 13.0 Å². The highest BCUT2D eigenvalue weighted by atomic mass is 32.1. The molecule has 4 rings (SSSR count). The lowest BCUT2D eigenvalue weighted by Gasteiger charge is -2.06. The van der Waals surface area contributed by atoms with Gasteiger partial charge >= 0.3 is 0 Å². The van der Waals surface area contributed by atoms with E-state index in [1.165, 1.54) is 17.4 Å². The van der Waals surface area contributed by atoms with Crippen LogP contribution in [0.5, 0.6) is 0 Å². The first-order valence-corrected chi connectivity index (χ1v) is 9.79. The molecule has 0 aliphatic heterocycles. The molecule has 7 nitrogen and oxygen atoms in total. The molecule has 8 heteroatoms. The summed E-state index contributed by atoms with van der Waals surface area (Å²) in [7, 11) is 0. The van der Waals surface area contributed by atoms with Crippen molar-refractivity contribution in [1.82, 2.24) is 20.0 Å². The predicted octanol–water partition coefficient (Wildman–Crippen LogP) is 2.99. The molecule has 0 radical (unpaired) electrons. The Morgan fingerprint density at radius 1 is 0.931 bits per heavy atom. The van der Waals surface area contributed by atoms with Crippen LogP contribution in [0.15, 0.2) is 77.6 Å². The summed E-state index contributed by atoms with van der Waals surface area (Å²) in [6, 6.07) is 22.4. The summed E-state index contributed by atoms with van der Waals surface area (Å²) in [4.78, 5) is 24.5. The van der Waals surface area contributed by atoms with Crippen molar-refractivity contribution in [3.8, 4) is 11.3 Å². The van der Waals surface area contributed by atoms with Crippen molar-refractivity contribution in [1.29, 1.82) is 0 Å². The molecule has 0 fully saturated rings. The highest BCUT2D eigenvalue weighted by molar-refractivity contribution is 7.15. The lowest BCUT2D eigenvalue weighted by molar-refractivity contribution is -0.117. The lowest BCUT2D eigenvalue weighted by atomic mass is 10.1. The second-order valence-electron chi connectivity index (χ2n) is 6.29. The monoisotopic (exact) mass is 403 g/mol. The molecule has 0 aliphatic rings. The fourth-order valence-corrected chi connectivity index (χ4v) is 3.56. The van der Waals surface area contributed by atoms with E-state index in [0.717, 1.165) is 20.8 Å². The zero-order chi connectivity index (χ0) is 20.1. The highest BCUT2D eigenvalue weighted by Gasteiger charge is 2.11. The number of nitrogens with one attached hydrogen (secondary N) is 1. The van der Waals surface area contributed by atoms with Crippen LogP contribution >= 0.6 is 11.3 Å². The van der Waals surface area contributed by atoms with Crippen molar-refractivity contribution in [3.63, 3.8) is 0 Å². The Hall–Kier alpha value is -3.65. The van der Waals surface area contributed by atoms with Gasteiger partial charge in [0.2, 0.25) is 11.0 Å². The number of hydrogen-bond donors (Lipinski definition) is 1. The van der Waals surface area contributed by atoms with Gasteiger partial charge in [-0.1, -0.05) is 72.0 Å². The SMILES string of the molecule is O=C(Cn1nc(-c2ccccc2)ccc1=O)Nc1nnc(Cc2ccccc2)s1. The molecule has 0 unspecified atom stereocenters. The van der Waals surface area contributed by atoms with Crippen LogP contribution in [0.2, 0.25) is 0 Å². The van der Waals surface area contributed by atoms with Crippen LogP contribution in [-0.4, -0.2) is 25.9 Å². The summed E-state index contributed by atoms with van der Waals surface area (Å²) in [5.74, 6) is -0.382. The van der Waals surface area contributed by atoms with Gasteiger partial charge in [-0.15, -0.1) is 10.2 Å². The average Bonchev–Trinajstić information content (AvgIpc) is 3.17. The first-order valence-electron chi connectivity index (χ1n) is 8.97. The van der Waals surface area contributed by atoms with E-state index in [1.807, 2.05) is 60.7 Å². The fraction of sp³-hybridized carbons (Fsp3) is 0.0952. The first-order chi connectivity index (χ1) is 14.2. The summed E-state index contributed by atoms with van der Waals surface area (Å²) in [5, 5.41) is 16.3. The van der Waals surface area contributed by atoms with E-state index in [4.69, 9.17) is 0 Å². The van der Waals surface area contributed by atoms with Gasteiger partial charge in [-0.3, -0.25) is 14.9 Å². The molecule has 2 aromatic heterocycles. The largest absolute Gasteiger partial charge is 0.299 e. The Morgan fingerprint density at radius 2 is 1.66 bits per heavy atom. The summed E-state index contributed by atoms with van der Waals surface area (Å²) < 4.78 is 1.14. The van der Waals surface area contributed by atoms with Crippen LogP contribution in [0.25, 0.3) is 11.3 Å². The molecular formula is C21H17N5O2S. The van der Waals surface area contributed by atoms with E-state index in [-0.39, 0.29) is 18.0 Å². The Balaban J connectivity index is 1.43. The lowest BCUT2D eigenvalue weighted by Crippen LogP contribution is -2.29. The number of carbonyl (C=O) groups excluding carboxylic acids is 1. The van der Waals surface area contributed by atoms with Crippen LogP contribution in [0.1, 0.15) is 10.6 Å². The first kappa shape index (κ1) is 18.7. The zero-order valence-electron chi connectivity index (χ0n) is 15.4. The topological polar surface area (TPSA) is 89.8 Å². The summed E-state index contributed by atoms with van der Waals surface area (Å²) in [5.41, 5.74) is 2.27. The van der Waals surface area contributed by atoms with Crippen LogP contribution in [-0.2, 0) is 17.8 Å². The molecule has 144 valence electrons. The van der Waals surface area contributed by atoms with Gasteiger partial charge in [0, 0.05) is 18.1 Å². The second kappa shape index (κ2) is 8.57. The predicted molar refractivity (Wildman–Crippen MR) is 112 cm³/mol. The number of nitrogens with zero attached hydrogens (tertiary/aromatic N) is 4. The fourth-order valence-electron chi connectivity index (χ4n) is 2.77. The molecular weight excluding hydrogens is 386 g/mol. The third kappa shape index (κ3) is 4.80. The normalized spacial score (nSPS) is 10.6. The third-order valence-electron chi connectivity index (χ3n) is 4.14. The molecule has 0 aliphatic carbocycles. The van der Waals surface area contributed by atoms with E-state index in [2.05, 4.69) is 20.6 Å². The van der Waals surface area contributed by atoms with E-state index >= 15 is 0 Å². The number of anilines is 1. The minimum Gasteiger partial charge on any atom is -0.299 e. The van der Waals surface area contributed by atoms with Gasteiger partial charge in [0.1, 0.15) is 11.6 Å². The maximum Gasteiger partial charge on any atom is 0.267 e. The van der Waals surface area contributed by atoms with Gasteiger partial charge in [-0.25, -0.2) is 4.68 Å². The number of rotatable bonds is 6. The van der Waals surface area contributed by atoms with Gasteiger partial charge in [0.15, 0.2) is 0 Å². The van der Waals surface area contributed by atoms with Gasteiger partial charge in [-0.2, -0.15) is 5.10 Å². The number of hydrogen-bond acceptors (Lipinski definition) is 6. The van der Waals surface area contributed by atoms with Gasteiger partial charge in [0.05, 0.1) is 5.69 Å². The molecule has 2 aromatic carbocycles. The van der Waals surface area contributed by atoms with Crippen LogP contribution < -0.4 is 10.9 Å². The molecule has 0 saturated carbocycles. The maximum absolute atomic E-state index is 12.4. The highest BCUT2D eigenvalue weighted by Crippen LogP contribution is 2.18. The third-order valence-corrected chi connectivity index (χ3v) is 4.98. The quantitative estimate of drug-likeness (QED) is 0.535. The van der Waals surface area contributed by atoms with Crippen molar-refractivity contribution < 1.29 is 4.79 Å². The number of amides is 1. The van der Waals surface area contributed by atoms with Crippen molar-refractivity contribution >= 4 is 22.4 Å². The van der Waals surface area contributed by atoms with Crippen LogP contribution in [0.4, 0.5) is 5.13 Å². The van der Waals surface area contributed by atoms with E-state index in [1.54, 1.807) is 6.07 Å². The minimum atomic E-state index is -0.382. The summed E-state index contributed by atoms with van der Waals surface area (Å²) in [6.45, 7) is -0.201. The molecule has 1 amide bonds. The molecule has 4 aromatic rings. The van der Waals surface area contributed by atoms with Crippen molar-refractivity contribution in [3.05, 3.63) is 93.7 Å². The summed E-state index contributed by atoms with van der Waals surface area (Å²) in [6.07, 6.45) is 0.647. The second-order valence-corrected chi connectivity index (χ2v) is 7.35. The minimum absolute atomic E-state index is 0.201. The molecule has 0 bridgehead atoms. The van der Waals surface area contributed by atoms with Gasteiger partial charge in [0.25, 0.3) is 5.56 Å². The Kier molecular flexibility index (Phi) is 5.53.